The molecule has 1 saturated heterocycles. The van der Waals surface area contributed by atoms with E-state index in [1.54, 1.807) is 23.1 Å². The van der Waals surface area contributed by atoms with Gasteiger partial charge in [0.15, 0.2) is 0 Å². The van der Waals surface area contributed by atoms with Gasteiger partial charge in [0.05, 0.1) is 0 Å². The Labute approximate surface area is 134 Å². The van der Waals surface area contributed by atoms with Crippen LogP contribution >= 0.6 is 0 Å². The lowest BCUT2D eigenvalue weighted by atomic mass is 10.1. The summed E-state index contributed by atoms with van der Waals surface area (Å²) in [5.74, 6) is 0.0159. The van der Waals surface area contributed by atoms with Crippen molar-refractivity contribution in [2.24, 2.45) is 0 Å². The van der Waals surface area contributed by atoms with Crippen molar-refractivity contribution < 1.29 is 14.7 Å². The zero-order valence-corrected chi connectivity index (χ0v) is 13.1. The van der Waals surface area contributed by atoms with Gasteiger partial charge in [0.25, 0.3) is 0 Å². The molecule has 23 heavy (non-hydrogen) atoms. The van der Waals surface area contributed by atoms with Gasteiger partial charge in [0.2, 0.25) is 11.8 Å². The Bertz CT molecular complexity index is 757. The van der Waals surface area contributed by atoms with Crippen molar-refractivity contribution in [1.29, 1.82) is 0 Å². The lowest BCUT2D eigenvalue weighted by Crippen LogP contribution is -2.44. The third-order valence-corrected chi connectivity index (χ3v) is 4.30. The van der Waals surface area contributed by atoms with Gasteiger partial charge in [-0.25, -0.2) is 0 Å². The first kappa shape index (κ1) is 15.3. The first-order valence-electron chi connectivity index (χ1n) is 7.92. The van der Waals surface area contributed by atoms with Gasteiger partial charge in [-0.15, -0.1) is 0 Å². The number of hydrogen-bond acceptors (Lipinski definition) is 3. The van der Waals surface area contributed by atoms with Crippen molar-refractivity contribution in [3.8, 4) is 5.75 Å². The number of carbonyl (C=O) groups excluding carboxylic acids is 2. The fourth-order valence-corrected chi connectivity index (χ4v) is 3.13. The molecule has 1 atom stereocenters. The van der Waals surface area contributed by atoms with Crippen LogP contribution in [0.4, 0.5) is 5.69 Å². The van der Waals surface area contributed by atoms with E-state index in [0.717, 1.165) is 17.2 Å². The maximum atomic E-state index is 12.6. The number of phenolic OH excluding ortho intramolecular Hbond substituents is 1. The minimum Gasteiger partial charge on any atom is -0.508 e. The van der Waals surface area contributed by atoms with Crippen LogP contribution in [-0.4, -0.2) is 34.4 Å². The fraction of sp³-hybridized carbons (Fsp3) is 0.333. The van der Waals surface area contributed by atoms with Crippen LogP contribution in [0.25, 0.3) is 10.8 Å². The van der Waals surface area contributed by atoms with E-state index in [0.29, 0.717) is 25.1 Å². The van der Waals surface area contributed by atoms with Crippen molar-refractivity contribution in [2.75, 3.05) is 11.9 Å². The van der Waals surface area contributed by atoms with E-state index in [1.165, 1.54) is 0 Å². The first-order chi connectivity index (χ1) is 11.1. The second-order valence-electron chi connectivity index (χ2n) is 5.81. The van der Waals surface area contributed by atoms with Crippen molar-refractivity contribution in [2.45, 2.75) is 32.2 Å². The topological polar surface area (TPSA) is 69.6 Å². The average Bonchev–Trinajstić information content (AvgIpc) is 2.95. The molecule has 1 aliphatic heterocycles. The van der Waals surface area contributed by atoms with Crippen LogP contribution in [0.5, 0.6) is 5.75 Å². The van der Waals surface area contributed by atoms with Crippen LogP contribution in [0.1, 0.15) is 26.2 Å². The van der Waals surface area contributed by atoms with Crippen LogP contribution < -0.4 is 5.32 Å². The molecule has 2 N–H and O–H groups in total. The van der Waals surface area contributed by atoms with Gasteiger partial charge in [0, 0.05) is 24.0 Å². The summed E-state index contributed by atoms with van der Waals surface area (Å²) in [6, 6.07) is 10.2. The smallest absolute Gasteiger partial charge is 0.247 e. The maximum absolute atomic E-state index is 12.6. The second-order valence-corrected chi connectivity index (χ2v) is 5.81. The lowest BCUT2D eigenvalue weighted by Gasteiger charge is -2.26. The molecule has 0 unspecified atom stereocenters. The molecule has 0 spiro atoms. The molecule has 2 aromatic carbocycles. The first-order valence-corrected chi connectivity index (χ1v) is 7.92. The Morgan fingerprint density at radius 3 is 2.87 bits per heavy atom. The Morgan fingerprint density at radius 2 is 2.17 bits per heavy atom. The molecule has 0 saturated carbocycles. The van der Waals surface area contributed by atoms with E-state index >= 15 is 0 Å². The maximum Gasteiger partial charge on any atom is 0.247 e. The monoisotopic (exact) mass is 312 g/mol. The zero-order chi connectivity index (χ0) is 16.4. The SMILES string of the molecule is CC[C@@H](C(=O)Nc1cccc2ccc(O)cc12)N1CCCC1=O. The van der Waals surface area contributed by atoms with Gasteiger partial charge in [-0.1, -0.05) is 25.1 Å². The van der Waals surface area contributed by atoms with E-state index in [9.17, 15) is 14.7 Å². The Kier molecular flexibility index (Phi) is 4.19. The summed E-state index contributed by atoms with van der Waals surface area (Å²) < 4.78 is 0. The van der Waals surface area contributed by atoms with Gasteiger partial charge in [-0.05, 0) is 36.4 Å². The quantitative estimate of drug-likeness (QED) is 0.912. The molecule has 1 fully saturated rings. The Morgan fingerprint density at radius 1 is 1.35 bits per heavy atom. The number of carbonyl (C=O) groups is 2. The molecule has 120 valence electrons. The number of hydrogen-bond donors (Lipinski definition) is 2. The minimum absolute atomic E-state index is 0.0440. The van der Waals surface area contributed by atoms with Crippen molar-refractivity contribution in [1.82, 2.24) is 4.90 Å². The number of amides is 2. The summed E-state index contributed by atoms with van der Waals surface area (Å²) >= 11 is 0. The van der Waals surface area contributed by atoms with E-state index in [1.807, 2.05) is 25.1 Å². The number of benzene rings is 2. The molecule has 5 heteroatoms. The molecule has 1 aliphatic rings. The van der Waals surface area contributed by atoms with Gasteiger partial charge in [-0.3, -0.25) is 9.59 Å². The fourth-order valence-electron chi connectivity index (χ4n) is 3.13. The minimum atomic E-state index is -0.447. The molecular formula is C18H20N2O3. The summed E-state index contributed by atoms with van der Waals surface area (Å²) in [5, 5.41) is 14.3. The molecule has 3 rings (SSSR count). The molecule has 0 aromatic heterocycles. The summed E-state index contributed by atoms with van der Waals surface area (Å²) in [5.41, 5.74) is 0.647. The Hall–Kier alpha value is -2.56. The standard InChI is InChI=1S/C18H20N2O3/c1-2-16(20-10-4-7-17(20)22)18(23)19-15-6-3-5-12-8-9-13(21)11-14(12)15/h3,5-6,8-9,11,16,21H,2,4,7,10H2,1H3,(H,19,23)/t16-/m0/s1. The van der Waals surface area contributed by atoms with Gasteiger partial charge in [0.1, 0.15) is 11.8 Å². The summed E-state index contributed by atoms with van der Waals surface area (Å²) in [6.07, 6.45) is 1.91. The van der Waals surface area contributed by atoms with Crippen molar-refractivity contribution in [3.05, 3.63) is 36.4 Å². The van der Waals surface area contributed by atoms with Gasteiger partial charge >= 0.3 is 0 Å². The lowest BCUT2D eigenvalue weighted by molar-refractivity contribution is -0.135. The average molecular weight is 312 g/mol. The van der Waals surface area contributed by atoms with Crippen LogP contribution in [0.3, 0.4) is 0 Å². The molecular weight excluding hydrogens is 292 g/mol. The molecule has 5 nitrogen and oxygen atoms in total. The van der Waals surface area contributed by atoms with E-state index < -0.39 is 6.04 Å². The molecule has 1 heterocycles. The molecule has 2 aromatic rings. The van der Waals surface area contributed by atoms with Crippen LogP contribution in [-0.2, 0) is 9.59 Å². The summed E-state index contributed by atoms with van der Waals surface area (Å²) in [6.45, 7) is 2.55. The zero-order valence-electron chi connectivity index (χ0n) is 13.1. The normalized spacial score (nSPS) is 15.9. The second kappa shape index (κ2) is 6.28. The van der Waals surface area contributed by atoms with Crippen molar-refractivity contribution >= 4 is 28.3 Å². The predicted octanol–water partition coefficient (Wildman–Crippen LogP) is 2.88. The highest BCUT2D eigenvalue weighted by molar-refractivity contribution is 6.05. The van der Waals surface area contributed by atoms with Crippen molar-refractivity contribution in [3.63, 3.8) is 0 Å². The number of aromatic hydroxyl groups is 1. The number of anilines is 1. The predicted molar refractivity (Wildman–Crippen MR) is 89.3 cm³/mol. The third kappa shape index (κ3) is 2.99. The highest BCUT2D eigenvalue weighted by atomic mass is 16.3. The highest BCUT2D eigenvalue weighted by Gasteiger charge is 2.31. The third-order valence-electron chi connectivity index (χ3n) is 4.30. The molecule has 2 amide bonds. The summed E-state index contributed by atoms with van der Waals surface area (Å²) in [4.78, 5) is 26.2. The number of rotatable bonds is 4. The van der Waals surface area contributed by atoms with E-state index in [-0.39, 0.29) is 17.6 Å². The number of fused-ring (bicyclic) bond motifs is 1. The Balaban J connectivity index is 1.87. The molecule has 0 aliphatic carbocycles. The highest BCUT2D eigenvalue weighted by Crippen LogP contribution is 2.27. The number of nitrogens with zero attached hydrogens (tertiary/aromatic N) is 1. The van der Waals surface area contributed by atoms with E-state index in [2.05, 4.69) is 5.32 Å². The van der Waals surface area contributed by atoms with Gasteiger partial charge < -0.3 is 15.3 Å². The number of nitrogens with one attached hydrogen (secondary N) is 1. The summed E-state index contributed by atoms with van der Waals surface area (Å²) in [7, 11) is 0. The van der Waals surface area contributed by atoms with Crippen LogP contribution in [0, 0.1) is 0 Å². The number of likely N-dealkylation sites (tertiary alicyclic amines) is 1. The van der Waals surface area contributed by atoms with Gasteiger partial charge in [-0.2, -0.15) is 0 Å². The molecule has 0 bridgehead atoms. The number of phenols is 1. The van der Waals surface area contributed by atoms with Crippen LogP contribution in [0.2, 0.25) is 0 Å². The largest absolute Gasteiger partial charge is 0.508 e. The van der Waals surface area contributed by atoms with E-state index in [4.69, 9.17) is 0 Å². The van der Waals surface area contributed by atoms with Crippen LogP contribution in [0.15, 0.2) is 36.4 Å². The molecule has 0 radical (unpaired) electrons.